The minimum absolute atomic E-state index is 0.0278. The third-order valence-corrected chi connectivity index (χ3v) is 4.95. The maximum atomic E-state index is 14.1. The molecule has 2 N–H and O–H groups in total. The van der Waals surface area contributed by atoms with E-state index in [1.807, 2.05) is 0 Å². The lowest BCUT2D eigenvalue weighted by Crippen LogP contribution is -2.48. The second kappa shape index (κ2) is 11.1. The van der Waals surface area contributed by atoms with Crippen LogP contribution in [0.25, 0.3) is 0 Å². The van der Waals surface area contributed by atoms with Crippen molar-refractivity contribution >= 4 is 29.5 Å². The highest BCUT2D eigenvalue weighted by atomic mass is 19.1. The van der Waals surface area contributed by atoms with Gasteiger partial charge >= 0.3 is 17.9 Å². The fourth-order valence-corrected chi connectivity index (χ4v) is 3.01. The Morgan fingerprint density at radius 3 is 1.66 bits per heavy atom. The lowest BCUT2D eigenvalue weighted by molar-refractivity contribution is -0.157. The third-order valence-electron chi connectivity index (χ3n) is 4.95. The van der Waals surface area contributed by atoms with E-state index in [0.717, 1.165) is 17.2 Å². The normalized spacial score (nSPS) is 12.2. The molecule has 9 heteroatoms. The summed E-state index contributed by atoms with van der Waals surface area (Å²) in [5.74, 6) is -5.81. The van der Waals surface area contributed by atoms with E-state index >= 15 is 0 Å². The van der Waals surface area contributed by atoms with Gasteiger partial charge in [-0.3, -0.25) is 4.79 Å². The number of rotatable bonds is 8. The first kappa shape index (κ1) is 25.1. The Morgan fingerprint density at radius 2 is 1.20 bits per heavy atom. The number of aryl methyl sites for hydroxylation is 2. The topological polar surface area (TPSA) is 119 Å². The van der Waals surface area contributed by atoms with Gasteiger partial charge in [0.15, 0.2) is 0 Å². The smallest absolute Gasteiger partial charge is 0.349 e. The summed E-state index contributed by atoms with van der Waals surface area (Å²) in [6.45, 7) is 3.59. The Kier molecular flexibility index (Phi) is 7.93. The lowest BCUT2D eigenvalue weighted by Gasteiger charge is -2.23. The van der Waals surface area contributed by atoms with E-state index in [2.05, 4.69) is 5.32 Å². The molecule has 0 spiro atoms. The Labute approximate surface area is 200 Å². The van der Waals surface area contributed by atoms with E-state index in [4.69, 9.17) is 9.47 Å². The Balaban J connectivity index is 1.91. The summed E-state index contributed by atoms with van der Waals surface area (Å²) >= 11 is 0. The Hall–Kier alpha value is -4.53. The molecule has 0 heterocycles. The fraction of sp³-hybridized carbons (Fsp3) is 0.154. The van der Waals surface area contributed by atoms with Crippen LogP contribution in [0.15, 0.2) is 72.8 Å². The summed E-state index contributed by atoms with van der Waals surface area (Å²) in [6.07, 6.45) is -4.35. The van der Waals surface area contributed by atoms with Crippen molar-refractivity contribution in [3.63, 3.8) is 0 Å². The van der Waals surface area contributed by atoms with Crippen LogP contribution in [0.3, 0.4) is 0 Å². The van der Waals surface area contributed by atoms with Crippen molar-refractivity contribution in [2.45, 2.75) is 26.1 Å². The van der Waals surface area contributed by atoms with E-state index in [9.17, 15) is 28.7 Å². The third kappa shape index (κ3) is 6.50. The number of ether oxygens (including phenoxy) is 2. The molecule has 2 atom stereocenters. The van der Waals surface area contributed by atoms with Crippen molar-refractivity contribution in [2.75, 3.05) is 5.32 Å². The number of hydrogen-bond donors (Lipinski definition) is 2. The number of carboxylic acids is 1. The predicted octanol–water partition coefficient (Wildman–Crippen LogP) is 3.92. The number of nitrogens with one attached hydrogen (secondary N) is 1. The van der Waals surface area contributed by atoms with Crippen molar-refractivity contribution in [2.24, 2.45) is 0 Å². The minimum atomic E-state index is -2.22. The molecule has 0 aliphatic heterocycles. The van der Waals surface area contributed by atoms with Gasteiger partial charge in [0, 0.05) is 0 Å². The maximum Gasteiger partial charge on any atom is 0.349 e. The zero-order chi connectivity index (χ0) is 25.5. The van der Waals surface area contributed by atoms with Gasteiger partial charge in [-0.1, -0.05) is 47.5 Å². The summed E-state index contributed by atoms with van der Waals surface area (Å²) < 4.78 is 24.4. The molecule has 3 aromatic carbocycles. The molecule has 35 heavy (non-hydrogen) atoms. The molecule has 0 fully saturated rings. The number of carbonyl (C=O) groups excluding carboxylic acids is 3. The van der Waals surface area contributed by atoms with Crippen molar-refractivity contribution in [3.8, 4) is 0 Å². The van der Waals surface area contributed by atoms with Gasteiger partial charge in [-0.2, -0.15) is 0 Å². The molecular weight excluding hydrogens is 457 g/mol. The van der Waals surface area contributed by atoms with E-state index in [-0.39, 0.29) is 16.8 Å². The molecule has 1 amide bonds. The summed E-state index contributed by atoms with van der Waals surface area (Å²) in [7, 11) is 0. The van der Waals surface area contributed by atoms with E-state index in [0.29, 0.717) is 0 Å². The van der Waals surface area contributed by atoms with Crippen molar-refractivity contribution in [1.82, 2.24) is 0 Å². The van der Waals surface area contributed by atoms with Gasteiger partial charge in [0.25, 0.3) is 5.91 Å². The molecule has 3 rings (SSSR count). The fourth-order valence-electron chi connectivity index (χ4n) is 3.01. The van der Waals surface area contributed by atoms with Crippen LogP contribution in [0.5, 0.6) is 0 Å². The number of aliphatic carboxylic acids is 1. The second-order valence-corrected chi connectivity index (χ2v) is 7.69. The number of para-hydroxylation sites is 1. The number of hydrogen-bond acceptors (Lipinski definition) is 6. The molecule has 0 aliphatic rings. The van der Waals surface area contributed by atoms with E-state index < -0.39 is 41.8 Å². The first-order valence-electron chi connectivity index (χ1n) is 10.5. The van der Waals surface area contributed by atoms with Gasteiger partial charge in [0.1, 0.15) is 5.82 Å². The molecule has 180 valence electrons. The van der Waals surface area contributed by atoms with Crippen LogP contribution in [-0.2, 0) is 19.1 Å². The quantitative estimate of drug-likeness (QED) is 0.470. The number of halogens is 1. The van der Waals surface area contributed by atoms with Crippen LogP contribution in [0.2, 0.25) is 0 Å². The molecular formula is C26H22FNO7. The van der Waals surface area contributed by atoms with Gasteiger partial charge in [-0.05, 0) is 50.2 Å². The Morgan fingerprint density at radius 1 is 0.743 bits per heavy atom. The molecule has 0 radical (unpaired) electrons. The maximum absolute atomic E-state index is 14.1. The summed E-state index contributed by atoms with van der Waals surface area (Å²) in [5.41, 5.74) is 1.49. The Bertz CT molecular complexity index is 1240. The van der Waals surface area contributed by atoms with Gasteiger partial charge < -0.3 is 19.9 Å². The van der Waals surface area contributed by atoms with Gasteiger partial charge in [0.2, 0.25) is 12.2 Å². The van der Waals surface area contributed by atoms with Crippen molar-refractivity contribution in [3.05, 3.63) is 101 Å². The zero-order valence-electron chi connectivity index (χ0n) is 18.9. The number of carbonyl (C=O) groups is 4. The first-order valence-corrected chi connectivity index (χ1v) is 10.5. The number of benzene rings is 3. The van der Waals surface area contributed by atoms with Crippen LogP contribution in [0, 0.1) is 19.7 Å². The highest BCUT2D eigenvalue weighted by Gasteiger charge is 2.41. The molecule has 0 aliphatic carbocycles. The molecule has 0 unspecified atom stereocenters. The average molecular weight is 479 g/mol. The lowest BCUT2D eigenvalue weighted by atomic mass is 10.1. The summed E-state index contributed by atoms with van der Waals surface area (Å²) in [5, 5.41) is 11.9. The molecule has 8 nitrogen and oxygen atoms in total. The highest BCUT2D eigenvalue weighted by molar-refractivity contribution is 6.01. The van der Waals surface area contributed by atoms with Crippen LogP contribution in [0.4, 0.5) is 10.1 Å². The minimum Gasteiger partial charge on any atom is -0.478 e. The van der Waals surface area contributed by atoms with Crippen LogP contribution < -0.4 is 5.32 Å². The predicted molar refractivity (Wildman–Crippen MR) is 123 cm³/mol. The summed E-state index contributed by atoms with van der Waals surface area (Å²) in [4.78, 5) is 50.3. The first-order chi connectivity index (χ1) is 16.7. The average Bonchev–Trinajstić information content (AvgIpc) is 2.83. The zero-order valence-corrected chi connectivity index (χ0v) is 18.9. The van der Waals surface area contributed by atoms with Crippen LogP contribution in [0.1, 0.15) is 31.8 Å². The standard InChI is InChI=1S/C26H22FNO7/c1-15-7-11-17(12-8-15)25(32)34-21(23(29)28-20-6-4-3-5-19(20)27)22(24(30)31)35-26(33)18-13-9-16(2)10-14-18/h3-14,21-22H,1-2H3,(H,28,29)(H,30,31)/t21-,22-/m0/s1. The monoisotopic (exact) mass is 479 g/mol. The van der Waals surface area contributed by atoms with Gasteiger partial charge in [0.05, 0.1) is 16.8 Å². The van der Waals surface area contributed by atoms with Crippen LogP contribution >= 0.6 is 0 Å². The van der Waals surface area contributed by atoms with Crippen molar-refractivity contribution in [1.29, 1.82) is 0 Å². The number of carboxylic acid groups (broad SMARTS) is 1. The molecule has 0 bridgehead atoms. The molecule has 0 saturated carbocycles. The number of amides is 1. The second-order valence-electron chi connectivity index (χ2n) is 7.69. The van der Waals surface area contributed by atoms with E-state index in [1.165, 1.54) is 42.5 Å². The van der Waals surface area contributed by atoms with E-state index in [1.54, 1.807) is 38.1 Å². The summed E-state index contributed by atoms with van der Waals surface area (Å²) in [6, 6.07) is 17.3. The SMILES string of the molecule is Cc1ccc(C(=O)O[C@H](C(=O)O)[C@H](OC(=O)c2ccc(C)cc2)C(=O)Nc2ccccc2F)cc1. The molecule has 0 aromatic heterocycles. The highest BCUT2D eigenvalue weighted by Crippen LogP contribution is 2.18. The largest absolute Gasteiger partial charge is 0.478 e. The van der Waals surface area contributed by atoms with Crippen LogP contribution in [-0.4, -0.2) is 41.1 Å². The number of esters is 2. The van der Waals surface area contributed by atoms with Gasteiger partial charge in [-0.15, -0.1) is 0 Å². The van der Waals surface area contributed by atoms with Gasteiger partial charge in [-0.25, -0.2) is 18.8 Å². The molecule has 3 aromatic rings. The van der Waals surface area contributed by atoms with Crippen molar-refractivity contribution < 1.29 is 38.1 Å². The molecule has 0 saturated heterocycles. The number of anilines is 1.